The first-order chi connectivity index (χ1) is 10.6. The number of nitrogens with zero attached hydrogens (tertiary/aromatic N) is 1. The van der Waals surface area contributed by atoms with Crippen molar-refractivity contribution in [1.82, 2.24) is 15.8 Å². The van der Waals surface area contributed by atoms with E-state index in [9.17, 15) is 9.59 Å². The molecule has 0 aliphatic rings. The van der Waals surface area contributed by atoms with E-state index < -0.39 is 11.8 Å². The van der Waals surface area contributed by atoms with E-state index in [2.05, 4.69) is 31.8 Å². The van der Waals surface area contributed by atoms with Gasteiger partial charge in [-0.3, -0.25) is 20.4 Å². The summed E-state index contributed by atoms with van der Waals surface area (Å²) >= 11 is 3.28. The summed E-state index contributed by atoms with van der Waals surface area (Å²) in [5.74, 6) is -0.711. The van der Waals surface area contributed by atoms with Crippen LogP contribution in [0.2, 0.25) is 0 Å². The highest BCUT2D eigenvalue weighted by Gasteiger charge is 2.15. The quantitative estimate of drug-likeness (QED) is 0.816. The number of carbonyl (C=O) groups is 2. The van der Waals surface area contributed by atoms with E-state index in [0.717, 1.165) is 0 Å². The molecule has 0 fully saturated rings. The second-order valence-corrected chi connectivity index (χ2v) is 5.03. The number of hydrogen-bond acceptors (Lipinski definition) is 4. The summed E-state index contributed by atoms with van der Waals surface area (Å²) in [6.07, 6.45) is 1.53. The topological polar surface area (TPSA) is 80.3 Å². The number of halogens is 1. The van der Waals surface area contributed by atoms with Crippen molar-refractivity contribution in [3.8, 4) is 5.88 Å². The van der Waals surface area contributed by atoms with Crippen molar-refractivity contribution in [2.45, 2.75) is 6.92 Å². The highest BCUT2D eigenvalue weighted by Crippen LogP contribution is 2.16. The number of rotatable bonds is 4. The summed E-state index contributed by atoms with van der Waals surface area (Å²) in [5, 5.41) is 0. The van der Waals surface area contributed by atoms with Gasteiger partial charge >= 0.3 is 0 Å². The van der Waals surface area contributed by atoms with Crippen LogP contribution in [0.3, 0.4) is 0 Å². The molecule has 0 unspecified atom stereocenters. The van der Waals surface area contributed by atoms with Crippen molar-refractivity contribution in [3.05, 3.63) is 58.2 Å². The molecule has 0 aliphatic heterocycles. The minimum absolute atomic E-state index is 0.220. The number of amides is 2. The zero-order valence-corrected chi connectivity index (χ0v) is 13.4. The Morgan fingerprint density at radius 1 is 1.09 bits per heavy atom. The van der Waals surface area contributed by atoms with E-state index in [4.69, 9.17) is 4.74 Å². The van der Waals surface area contributed by atoms with E-state index in [-0.39, 0.29) is 11.4 Å². The van der Waals surface area contributed by atoms with Crippen LogP contribution in [-0.2, 0) is 0 Å². The van der Waals surface area contributed by atoms with Crippen molar-refractivity contribution in [2.75, 3.05) is 6.61 Å². The van der Waals surface area contributed by atoms with E-state index in [1.807, 2.05) is 0 Å². The fraction of sp³-hybridized carbons (Fsp3) is 0.133. The van der Waals surface area contributed by atoms with Gasteiger partial charge in [-0.05, 0) is 47.1 Å². The van der Waals surface area contributed by atoms with Crippen LogP contribution in [0.15, 0.2) is 47.1 Å². The Morgan fingerprint density at radius 2 is 1.73 bits per heavy atom. The number of hydrazine groups is 1. The van der Waals surface area contributed by atoms with Crippen molar-refractivity contribution >= 4 is 27.7 Å². The van der Waals surface area contributed by atoms with Gasteiger partial charge in [-0.2, -0.15) is 0 Å². The van der Waals surface area contributed by atoms with Crippen LogP contribution in [0.1, 0.15) is 27.6 Å². The molecule has 1 aromatic heterocycles. The third kappa shape index (κ3) is 3.82. The smallest absolute Gasteiger partial charge is 0.275 e. The highest BCUT2D eigenvalue weighted by atomic mass is 79.9. The third-order valence-electron chi connectivity index (χ3n) is 2.70. The van der Waals surface area contributed by atoms with Gasteiger partial charge in [0.25, 0.3) is 11.8 Å². The molecule has 22 heavy (non-hydrogen) atoms. The Balaban J connectivity index is 2.04. The van der Waals surface area contributed by atoms with Gasteiger partial charge in [0.2, 0.25) is 5.88 Å². The number of nitrogens with one attached hydrogen (secondary N) is 2. The Labute approximate surface area is 136 Å². The third-order valence-corrected chi connectivity index (χ3v) is 3.40. The second-order valence-electron chi connectivity index (χ2n) is 4.18. The summed E-state index contributed by atoms with van der Waals surface area (Å²) in [4.78, 5) is 28.1. The lowest BCUT2D eigenvalue weighted by molar-refractivity contribution is 0.0843. The van der Waals surface area contributed by atoms with Crippen LogP contribution < -0.4 is 15.6 Å². The molecule has 0 aliphatic carbocycles. The number of aromatic nitrogens is 1. The molecule has 2 aromatic rings. The molecule has 0 spiro atoms. The molecule has 0 radical (unpaired) electrons. The van der Waals surface area contributed by atoms with Gasteiger partial charge in [0, 0.05) is 10.7 Å². The molecular weight excluding hydrogens is 350 g/mol. The highest BCUT2D eigenvalue weighted by molar-refractivity contribution is 9.10. The normalized spacial score (nSPS) is 9.91. The molecule has 114 valence electrons. The van der Waals surface area contributed by atoms with Crippen LogP contribution in [0.25, 0.3) is 0 Å². The average molecular weight is 364 g/mol. The maximum Gasteiger partial charge on any atom is 0.275 e. The van der Waals surface area contributed by atoms with Crippen LogP contribution in [0.5, 0.6) is 5.88 Å². The van der Waals surface area contributed by atoms with E-state index >= 15 is 0 Å². The van der Waals surface area contributed by atoms with Crippen molar-refractivity contribution in [1.29, 1.82) is 0 Å². The fourth-order valence-electron chi connectivity index (χ4n) is 1.71. The van der Waals surface area contributed by atoms with Gasteiger partial charge in [0.05, 0.1) is 12.2 Å². The predicted molar refractivity (Wildman–Crippen MR) is 84.5 cm³/mol. The Hall–Kier alpha value is -2.41. The van der Waals surface area contributed by atoms with Gasteiger partial charge in [-0.25, -0.2) is 4.98 Å². The predicted octanol–water partition coefficient (Wildman–Crippen LogP) is 2.32. The molecule has 0 saturated heterocycles. The molecule has 1 heterocycles. The second kappa shape index (κ2) is 7.56. The SMILES string of the molecule is CCOc1ncccc1C(=O)NNC(=O)c1ccccc1Br. The van der Waals surface area contributed by atoms with Gasteiger partial charge < -0.3 is 4.74 Å². The van der Waals surface area contributed by atoms with Crippen LogP contribution in [0, 0.1) is 0 Å². The van der Waals surface area contributed by atoms with Crippen LogP contribution in [-0.4, -0.2) is 23.4 Å². The Kier molecular flexibility index (Phi) is 5.48. The van der Waals surface area contributed by atoms with Gasteiger partial charge in [0.1, 0.15) is 5.56 Å². The summed E-state index contributed by atoms with van der Waals surface area (Å²) < 4.78 is 5.91. The maximum atomic E-state index is 12.1. The molecule has 0 saturated carbocycles. The minimum Gasteiger partial charge on any atom is -0.477 e. The summed E-state index contributed by atoms with van der Waals surface area (Å²) in [5.41, 5.74) is 5.36. The fourth-order valence-corrected chi connectivity index (χ4v) is 2.17. The first-order valence-electron chi connectivity index (χ1n) is 6.56. The molecular formula is C15H14BrN3O3. The van der Waals surface area contributed by atoms with Crippen LogP contribution in [0.4, 0.5) is 0 Å². The Bertz CT molecular complexity index is 691. The van der Waals surface area contributed by atoms with E-state index in [1.165, 1.54) is 6.20 Å². The summed E-state index contributed by atoms with van der Waals surface area (Å²) in [7, 11) is 0. The molecule has 6 nitrogen and oxygen atoms in total. The minimum atomic E-state index is -0.503. The van der Waals surface area contributed by atoms with Gasteiger partial charge in [-0.15, -0.1) is 0 Å². The lowest BCUT2D eigenvalue weighted by atomic mass is 10.2. The molecule has 0 atom stereocenters. The molecule has 2 rings (SSSR count). The standard InChI is InChI=1S/C15H14BrN3O3/c1-2-22-15-11(7-5-9-17-15)14(21)19-18-13(20)10-6-3-4-8-12(10)16/h3-9H,2H2,1H3,(H,18,20)(H,19,21). The number of carbonyl (C=O) groups excluding carboxylic acids is 2. The molecule has 2 amide bonds. The number of hydrogen-bond donors (Lipinski definition) is 2. The van der Waals surface area contributed by atoms with Gasteiger partial charge in [-0.1, -0.05) is 12.1 Å². The van der Waals surface area contributed by atoms with E-state index in [1.54, 1.807) is 43.3 Å². The molecule has 1 aromatic carbocycles. The number of benzene rings is 1. The molecule has 0 bridgehead atoms. The zero-order valence-electron chi connectivity index (χ0n) is 11.8. The lowest BCUT2D eigenvalue weighted by Crippen LogP contribution is -2.41. The van der Waals surface area contributed by atoms with Crippen LogP contribution >= 0.6 is 15.9 Å². The van der Waals surface area contributed by atoms with Crippen molar-refractivity contribution < 1.29 is 14.3 Å². The monoisotopic (exact) mass is 363 g/mol. The largest absolute Gasteiger partial charge is 0.477 e. The summed E-state index contributed by atoms with van der Waals surface area (Å²) in [6.45, 7) is 2.19. The first kappa shape index (κ1) is 16.0. The van der Waals surface area contributed by atoms with E-state index in [0.29, 0.717) is 16.6 Å². The molecule has 7 heteroatoms. The molecule has 2 N–H and O–H groups in total. The number of ether oxygens (including phenoxy) is 1. The maximum absolute atomic E-state index is 12.1. The van der Waals surface area contributed by atoms with Gasteiger partial charge in [0.15, 0.2) is 0 Å². The van der Waals surface area contributed by atoms with Crippen molar-refractivity contribution in [2.24, 2.45) is 0 Å². The van der Waals surface area contributed by atoms with Crippen molar-refractivity contribution in [3.63, 3.8) is 0 Å². The number of pyridine rings is 1. The lowest BCUT2D eigenvalue weighted by Gasteiger charge is -2.10. The summed E-state index contributed by atoms with van der Waals surface area (Å²) in [6, 6.07) is 10.1. The first-order valence-corrected chi connectivity index (χ1v) is 7.35. The average Bonchev–Trinajstić information content (AvgIpc) is 2.53. The Morgan fingerprint density at radius 3 is 2.41 bits per heavy atom. The zero-order chi connectivity index (χ0) is 15.9.